The zero-order valence-electron chi connectivity index (χ0n) is 14.9. The highest BCUT2D eigenvalue weighted by Crippen LogP contribution is 2.35. The molecule has 25 heavy (non-hydrogen) atoms. The maximum absolute atomic E-state index is 12.4. The van der Waals surface area contributed by atoms with E-state index in [1.807, 2.05) is 19.1 Å². The number of esters is 1. The van der Waals surface area contributed by atoms with E-state index in [1.54, 1.807) is 4.68 Å². The van der Waals surface area contributed by atoms with Gasteiger partial charge < -0.3 is 15.0 Å². The summed E-state index contributed by atoms with van der Waals surface area (Å²) in [5.41, 5.74) is 3.25. The summed E-state index contributed by atoms with van der Waals surface area (Å²) in [5, 5.41) is 14.8. The van der Waals surface area contributed by atoms with Crippen LogP contribution in [0.25, 0.3) is 0 Å². The third kappa shape index (κ3) is 2.95. The Balaban J connectivity index is 2.05. The fourth-order valence-electron chi connectivity index (χ4n) is 3.15. The van der Waals surface area contributed by atoms with Gasteiger partial charge in [-0.3, -0.25) is 0 Å². The van der Waals surface area contributed by atoms with Crippen LogP contribution in [-0.4, -0.2) is 46.4 Å². The lowest BCUT2D eigenvalue weighted by Crippen LogP contribution is -2.29. The van der Waals surface area contributed by atoms with Crippen molar-refractivity contribution in [3.8, 4) is 0 Å². The lowest BCUT2D eigenvalue weighted by Gasteiger charge is -2.27. The van der Waals surface area contributed by atoms with Gasteiger partial charge in [0.15, 0.2) is 0 Å². The highest BCUT2D eigenvalue weighted by Gasteiger charge is 2.34. The van der Waals surface area contributed by atoms with Crippen LogP contribution in [0.3, 0.4) is 0 Å². The second-order valence-corrected chi connectivity index (χ2v) is 5.77. The largest absolute Gasteiger partial charge is 0.466 e. The van der Waals surface area contributed by atoms with Gasteiger partial charge in [-0.05, 0) is 48.9 Å². The predicted octanol–water partition coefficient (Wildman–Crippen LogP) is 1.98. The van der Waals surface area contributed by atoms with Crippen LogP contribution in [0.2, 0.25) is 0 Å². The molecule has 3 rings (SSSR count). The Hall–Kier alpha value is -2.90. The standard InChI is InChI=1S/C17H22N6O2/c1-5-22(6-2)13-9-7-12(8-10-13)15-14(16(24)25-4)11(3)18-17-19-20-21-23(15)17/h7-10,15H,5-6H2,1-4H3,(H,18,19,21)/t15-/m0/s1. The van der Waals surface area contributed by atoms with Crippen LogP contribution in [0.15, 0.2) is 35.5 Å². The molecule has 0 radical (unpaired) electrons. The summed E-state index contributed by atoms with van der Waals surface area (Å²) in [5.74, 6) is 0.104. The molecule has 0 unspecified atom stereocenters. The number of tetrazole rings is 1. The summed E-state index contributed by atoms with van der Waals surface area (Å²) in [4.78, 5) is 14.6. The minimum atomic E-state index is -0.426. The summed E-state index contributed by atoms with van der Waals surface area (Å²) in [6, 6.07) is 7.69. The van der Waals surface area contributed by atoms with Crippen LogP contribution in [0.4, 0.5) is 11.6 Å². The fourth-order valence-corrected chi connectivity index (χ4v) is 3.15. The third-order valence-electron chi connectivity index (χ3n) is 4.46. The molecule has 2 heterocycles. The zero-order valence-corrected chi connectivity index (χ0v) is 14.9. The lowest BCUT2D eigenvalue weighted by atomic mass is 9.95. The third-order valence-corrected chi connectivity index (χ3v) is 4.46. The number of hydrogen-bond donors (Lipinski definition) is 1. The number of allylic oxidation sites excluding steroid dienone is 1. The van der Waals surface area contributed by atoms with Crippen molar-refractivity contribution in [2.45, 2.75) is 26.8 Å². The molecular formula is C17H22N6O2. The number of methoxy groups -OCH3 is 1. The van der Waals surface area contributed by atoms with E-state index < -0.39 is 12.0 Å². The summed E-state index contributed by atoms with van der Waals surface area (Å²) in [6.07, 6.45) is 0. The van der Waals surface area contributed by atoms with E-state index in [1.165, 1.54) is 7.11 Å². The number of nitrogens with one attached hydrogen (secondary N) is 1. The Morgan fingerprint density at radius 3 is 2.56 bits per heavy atom. The molecule has 8 heteroatoms. The molecule has 0 bridgehead atoms. The van der Waals surface area contributed by atoms with E-state index in [0.29, 0.717) is 17.2 Å². The number of aromatic nitrogens is 4. The van der Waals surface area contributed by atoms with Gasteiger partial charge in [0.05, 0.1) is 12.7 Å². The van der Waals surface area contributed by atoms with Gasteiger partial charge in [-0.15, -0.1) is 0 Å². The van der Waals surface area contributed by atoms with Crippen molar-refractivity contribution < 1.29 is 9.53 Å². The number of rotatable bonds is 5. The van der Waals surface area contributed by atoms with Crippen molar-refractivity contribution >= 4 is 17.6 Å². The first kappa shape index (κ1) is 16.9. The van der Waals surface area contributed by atoms with Gasteiger partial charge >= 0.3 is 5.97 Å². The minimum Gasteiger partial charge on any atom is -0.466 e. The predicted molar refractivity (Wildman–Crippen MR) is 94.3 cm³/mol. The number of ether oxygens (including phenoxy) is 1. The maximum atomic E-state index is 12.4. The van der Waals surface area contributed by atoms with E-state index in [-0.39, 0.29) is 0 Å². The molecule has 1 N–H and O–H groups in total. The first-order valence-electron chi connectivity index (χ1n) is 8.29. The normalized spacial score (nSPS) is 16.2. The molecule has 0 aliphatic carbocycles. The number of nitrogens with zero attached hydrogens (tertiary/aromatic N) is 5. The zero-order chi connectivity index (χ0) is 18.0. The van der Waals surface area contributed by atoms with Crippen LogP contribution in [0, 0.1) is 0 Å². The number of anilines is 2. The molecule has 0 saturated heterocycles. The number of hydrogen-bond acceptors (Lipinski definition) is 7. The summed E-state index contributed by atoms with van der Waals surface area (Å²) in [7, 11) is 1.37. The van der Waals surface area contributed by atoms with Crippen molar-refractivity contribution in [1.82, 2.24) is 20.2 Å². The van der Waals surface area contributed by atoms with Crippen LogP contribution >= 0.6 is 0 Å². The van der Waals surface area contributed by atoms with Crippen LogP contribution < -0.4 is 10.2 Å². The highest BCUT2D eigenvalue weighted by molar-refractivity contribution is 5.92. The molecule has 1 aliphatic heterocycles. The lowest BCUT2D eigenvalue weighted by molar-refractivity contribution is -0.136. The second kappa shape index (κ2) is 6.92. The molecule has 0 spiro atoms. The van der Waals surface area contributed by atoms with Crippen LogP contribution in [-0.2, 0) is 9.53 Å². The van der Waals surface area contributed by atoms with Crippen molar-refractivity contribution in [1.29, 1.82) is 0 Å². The molecule has 0 saturated carbocycles. The van der Waals surface area contributed by atoms with Gasteiger partial charge in [0.25, 0.3) is 0 Å². The van der Waals surface area contributed by atoms with Gasteiger partial charge in [-0.2, -0.15) is 4.68 Å². The Kier molecular flexibility index (Phi) is 4.69. The number of carbonyl (C=O) groups is 1. The van der Waals surface area contributed by atoms with Crippen LogP contribution in [0.1, 0.15) is 32.4 Å². The molecule has 1 atom stereocenters. The monoisotopic (exact) mass is 342 g/mol. The molecule has 0 amide bonds. The molecule has 8 nitrogen and oxygen atoms in total. The Morgan fingerprint density at radius 1 is 1.28 bits per heavy atom. The van der Waals surface area contributed by atoms with Gasteiger partial charge in [-0.1, -0.05) is 17.2 Å². The number of fused-ring (bicyclic) bond motifs is 1. The highest BCUT2D eigenvalue weighted by atomic mass is 16.5. The molecular weight excluding hydrogens is 320 g/mol. The van der Waals surface area contributed by atoms with Crippen molar-refractivity contribution in [2.75, 3.05) is 30.4 Å². The number of carbonyl (C=O) groups excluding carboxylic acids is 1. The van der Waals surface area contributed by atoms with Crippen molar-refractivity contribution in [2.24, 2.45) is 0 Å². The number of benzene rings is 1. The fraction of sp³-hybridized carbons (Fsp3) is 0.412. The minimum absolute atomic E-state index is 0.399. The van der Waals surface area contributed by atoms with E-state index in [0.717, 1.165) is 24.3 Å². The molecule has 1 aliphatic rings. The average Bonchev–Trinajstić information content (AvgIpc) is 3.09. The Labute approximate surface area is 146 Å². The van der Waals surface area contributed by atoms with Crippen molar-refractivity contribution in [3.05, 3.63) is 41.1 Å². The SMILES string of the molecule is CCN(CC)c1ccc([C@H]2C(C(=O)OC)=C(C)Nc3nnnn32)cc1. The molecule has 2 aromatic rings. The summed E-state index contributed by atoms with van der Waals surface area (Å²) >= 11 is 0. The topological polar surface area (TPSA) is 85.2 Å². The average molecular weight is 342 g/mol. The quantitative estimate of drug-likeness (QED) is 0.832. The molecule has 1 aromatic heterocycles. The van der Waals surface area contributed by atoms with Gasteiger partial charge in [0.2, 0.25) is 5.95 Å². The van der Waals surface area contributed by atoms with Gasteiger partial charge in [0, 0.05) is 24.5 Å². The molecule has 0 fully saturated rings. The maximum Gasteiger partial charge on any atom is 0.338 e. The second-order valence-electron chi connectivity index (χ2n) is 5.77. The van der Waals surface area contributed by atoms with Crippen LogP contribution in [0.5, 0.6) is 0 Å². The van der Waals surface area contributed by atoms with E-state index >= 15 is 0 Å². The molecule has 1 aromatic carbocycles. The van der Waals surface area contributed by atoms with Gasteiger partial charge in [0.1, 0.15) is 6.04 Å². The smallest absolute Gasteiger partial charge is 0.338 e. The summed E-state index contributed by atoms with van der Waals surface area (Å²) < 4.78 is 6.58. The van der Waals surface area contributed by atoms with Gasteiger partial charge in [-0.25, -0.2) is 4.79 Å². The summed E-state index contributed by atoms with van der Waals surface area (Å²) in [6.45, 7) is 7.94. The Bertz CT molecular complexity index is 792. The van der Waals surface area contributed by atoms with Crippen molar-refractivity contribution in [3.63, 3.8) is 0 Å². The first-order chi connectivity index (χ1) is 12.1. The van der Waals surface area contributed by atoms with E-state index in [4.69, 9.17) is 4.74 Å². The van der Waals surface area contributed by atoms with E-state index in [2.05, 4.69) is 51.7 Å². The first-order valence-corrected chi connectivity index (χ1v) is 8.29. The Morgan fingerprint density at radius 2 is 1.96 bits per heavy atom. The van der Waals surface area contributed by atoms with E-state index in [9.17, 15) is 4.79 Å². The molecule has 132 valence electrons.